The molecule has 0 aliphatic carbocycles. The molecule has 5 nitrogen and oxygen atoms in total. The molecular weight excluding hydrogens is 348 g/mol. The lowest BCUT2D eigenvalue weighted by Gasteiger charge is -2.13. The Kier molecular flexibility index (Phi) is 5.53. The highest BCUT2D eigenvalue weighted by Gasteiger charge is 2.18. The molecule has 1 N–H and O–H groups in total. The van der Waals surface area contributed by atoms with Crippen molar-refractivity contribution in [3.05, 3.63) is 59.5 Å². The van der Waals surface area contributed by atoms with Crippen LogP contribution in [0, 0.1) is 6.92 Å². The normalized spacial score (nSPS) is 11.7. The lowest BCUT2D eigenvalue weighted by atomic mass is 10.1. The molecular formula is C20H20N2O3S. The van der Waals surface area contributed by atoms with Gasteiger partial charge in [-0.2, -0.15) is 0 Å². The van der Waals surface area contributed by atoms with Crippen molar-refractivity contribution >= 4 is 22.4 Å². The van der Waals surface area contributed by atoms with Gasteiger partial charge in [0, 0.05) is 10.4 Å². The minimum atomic E-state index is -0.619. The molecule has 1 heterocycles. The highest BCUT2D eigenvalue weighted by Crippen LogP contribution is 2.31. The van der Waals surface area contributed by atoms with Crippen molar-refractivity contribution in [2.24, 2.45) is 0 Å². The van der Waals surface area contributed by atoms with Gasteiger partial charge in [-0.15, -0.1) is 11.3 Å². The average molecular weight is 368 g/mol. The number of benzene rings is 2. The van der Waals surface area contributed by atoms with E-state index in [1.165, 1.54) is 11.3 Å². The zero-order valence-electron chi connectivity index (χ0n) is 14.9. The molecule has 26 heavy (non-hydrogen) atoms. The second-order valence-electron chi connectivity index (χ2n) is 5.71. The summed E-state index contributed by atoms with van der Waals surface area (Å²) in [5, 5.41) is 3.39. The summed E-state index contributed by atoms with van der Waals surface area (Å²) in [5.74, 6) is 1.22. The smallest absolute Gasteiger partial charge is 0.266 e. The number of methoxy groups -OCH3 is 1. The van der Waals surface area contributed by atoms with Gasteiger partial charge in [0.15, 0.2) is 11.2 Å². The number of ether oxygens (including phenoxy) is 2. The number of amides is 1. The average Bonchev–Trinajstić information content (AvgIpc) is 3.02. The highest BCUT2D eigenvalue weighted by molar-refractivity contribution is 7.16. The third kappa shape index (κ3) is 4.21. The second-order valence-corrected chi connectivity index (χ2v) is 6.92. The van der Waals surface area contributed by atoms with Crippen LogP contribution in [0.25, 0.3) is 11.3 Å². The van der Waals surface area contributed by atoms with Crippen LogP contribution in [-0.2, 0) is 4.79 Å². The predicted molar refractivity (Wildman–Crippen MR) is 104 cm³/mol. The van der Waals surface area contributed by atoms with E-state index in [1.807, 2.05) is 61.5 Å². The third-order valence-corrected chi connectivity index (χ3v) is 4.70. The molecule has 3 rings (SSSR count). The Bertz CT molecular complexity index is 876. The fourth-order valence-electron chi connectivity index (χ4n) is 2.43. The van der Waals surface area contributed by atoms with Crippen LogP contribution in [0.3, 0.4) is 0 Å². The van der Waals surface area contributed by atoms with E-state index in [2.05, 4.69) is 10.3 Å². The number of carbonyl (C=O) groups is 1. The number of hydrogen-bond donors (Lipinski definition) is 1. The first-order valence-electron chi connectivity index (χ1n) is 8.21. The van der Waals surface area contributed by atoms with Gasteiger partial charge < -0.3 is 9.47 Å². The number of rotatable bonds is 6. The van der Waals surface area contributed by atoms with Gasteiger partial charge in [-0.25, -0.2) is 4.98 Å². The molecule has 134 valence electrons. The van der Waals surface area contributed by atoms with Crippen molar-refractivity contribution in [3.8, 4) is 22.8 Å². The standard InChI is InChI=1S/C20H20N2O3S/c1-13(25-17-7-5-4-6-8-17)19(23)22-20-21-18(14(2)26-20)15-9-11-16(24-3)12-10-15/h4-13H,1-3H3,(H,21,22,23). The Hall–Kier alpha value is -2.86. The van der Waals surface area contributed by atoms with Gasteiger partial charge in [-0.1, -0.05) is 18.2 Å². The molecule has 0 spiro atoms. The number of nitrogens with one attached hydrogen (secondary N) is 1. The third-order valence-electron chi connectivity index (χ3n) is 3.82. The molecule has 1 atom stereocenters. The van der Waals surface area contributed by atoms with Gasteiger partial charge in [0.2, 0.25) is 0 Å². The molecule has 0 saturated carbocycles. The molecule has 1 amide bonds. The topological polar surface area (TPSA) is 60.5 Å². The fraction of sp³-hybridized carbons (Fsp3) is 0.200. The highest BCUT2D eigenvalue weighted by atomic mass is 32.1. The van der Waals surface area contributed by atoms with E-state index in [9.17, 15) is 4.79 Å². The maximum absolute atomic E-state index is 12.4. The van der Waals surface area contributed by atoms with Crippen LogP contribution in [-0.4, -0.2) is 24.1 Å². The van der Waals surface area contributed by atoms with Crippen molar-refractivity contribution in [1.29, 1.82) is 0 Å². The molecule has 0 radical (unpaired) electrons. The summed E-state index contributed by atoms with van der Waals surface area (Å²) in [7, 11) is 1.63. The maximum Gasteiger partial charge on any atom is 0.266 e. The summed E-state index contributed by atoms with van der Waals surface area (Å²) in [4.78, 5) is 18.0. The van der Waals surface area contributed by atoms with Crippen molar-refractivity contribution in [2.75, 3.05) is 12.4 Å². The first kappa shape index (κ1) is 17.9. The summed E-state index contributed by atoms with van der Waals surface area (Å²) in [6.07, 6.45) is -0.619. The summed E-state index contributed by atoms with van der Waals surface area (Å²) < 4.78 is 10.8. The van der Waals surface area contributed by atoms with Gasteiger partial charge >= 0.3 is 0 Å². The van der Waals surface area contributed by atoms with E-state index in [0.29, 0.717) is 10.9 Å². The van der Waals surface area contributed by atoms with Gasteiger partial charge in [-0.3, -0.25) is 10.1 Å². The minimum Gasteiger partial charge on any atom is -0.497 e. The molecule has 2 aromatic carbocycles. The Labute approximate surface area is 156 Å². The van der Waals surface area contributed by atoms with Crippen LogP contribution in [0.5, 0.6) is 11.5 Å². The molecule has 0 aliphatic heterocycles. The molecule has 3 aromatic rings. The zero-order chi connectivity index (χ0) is 18.5. The molecule has 6 heteroatoms. The van der Waals surface area contributed by atoms with E-state index in [4.69, 9.17) is 9.47 Å². The number of nitrogens with zero attached hydrogens (tertiary/aromatic N) is 1. The van der Waals surface area contributed by atoms with Crippen LogP contribution in [0.15, 0.2) is 54.6 Å². The monoisotopic (exact) mass is 368 g/mol. The van der Waals surface area contributed by atoms with Crippen LogP contribution < -0.4 is 14.8 Å². The molecule has 1 aromatic heterocycles. The second kappa shape index (κ2) is 8.01. The van der Waals surface area contributed by atoms with Crippen molar-refractivity contribution < 1.29 is 14.3 Å². The first-order valence-corrected chi connectivity index (χ1v) is 9.03. The SMILES string of the molecule is COc1ccc(-c2nc(NC(=O)C(C)Oc3ccccc3)sc2C)cc1. The Morgan fingerprint density at radius 2 is 1.77 bits per heavy atom. The minimum absolute atomic E-state index is 0.233. The van der Waals surface area contributed by atoms with Crippen LogP contribution in [0.2, 0.25) is 0 Å². The van der Waals surface area contributed by atoms with E-state index in [-0.39, 0.29) is 5.91 Å². The van der Waals surface area contributed by atoms with E-state index < -0.39 is 6.10 Å². The summed E-state index contributed by atoms with van der Waals surface area (Å²) in [6.45, 7) is 3.70. The van der Waals surface area contributed by atoms with E-state index in [0.717, 1.165) is 21.9 Å². The van der Waals surface area contributed by atoms with Crippen LogP contribution >= 0.6 is 11.3 Å². The number of anilines is 1. The summed E-state index contributed by atoms with van der Waals surface area (Å²) >= 11 is 1.44. The lowest BCUT2D eigenvalue weighted by molar-refractivity contribution is -0.122. The van der Waals surface area contributed by atoms with Crippen LogP contribution in [0.1, 0.15) is 11.8 Å². The predicted octanol–water partition coefficient (Wildman–Crippen LogP) is 4.53. The Balaban J connectivity index is 1.69. The Morgan fingerprint density at radius 3 is 2.42 bits per heavy atom. The van der Waals surface area contributed by atoms with Crippen molar-refractivity contribution in [3.63, 3.8) is 0 Å². The molecule has 0 fully saturated rings. The quantitative estimate of drug-likeness (QED) is 0.694. The van der Waals surface area contributed by atoms with Crippen molar-refractivity contribution in [1.82, 2.24) is 4.98 Å². The lowest BCUT2D eigenvalue weighted by Crippen LogP contribution is -2.30. The molecule has 0 saturated heterocycles. The number of aryl methyl sites for hydroxylation is 1. The number of hydrogen-bond acceptors (Lipinski definition) is 5. The van der Waals surface area contributed by atoms with Gasteiger partial charge in [0.1, 0.15) is 11.5 Å². The first-order chi connectivity index (χ1) is 12.6. The fourth-order valence-corrected chi connectivity index (χ4v) is 3.27. The van der Waals surface area contributed by atoms with Gasteiger partial charge in [-0.05, 0) is 50.2 Å². The maximum atomic E-state index is 12.4. The van der Waals surface area contributed by atoms with E-state index >= 15 is 0 Å². The van der Waals surface area contributed by atoms with Crippen LogP contribution in [0.4, 0.5) is 5.13 Å². The Morgan fingerprint density at radius 1 is 1.08 bits per heavy atom. The number of thiazole rings is 1. The summed E-state index contributed by atoms with van der Waals surface area (Å²) in [6, 6.07) is 17.0. The van der Waals surface area contributed by atoms with Crippen molar-refractivity contribution in [2.45, 2.75) is 20.0 Å². The van der Waals surface area contributed by atoms with Gasteiger partial charge in [0.05, 0.1) is 12.8 Å². The number of para-hydroxylation sites is 1. The zero-order valence-corrected chi connectivity index (χ0v) is 15.7. The number of aromatic nitrogens is 1. The molecule has 0 aliphatic rings. The molecule has 0 bridgehead atoms. The molecule has 1 unspecified atom stereocenters. The van der Waals surface area contributed by atoms with E-state index in [1.54, 1.807) is 14.0 Å². The van der Waals surface area contributed by atoms with Gasteiger partial charge in [0.25, 0.3) is 5.91 Å². The largest absolute Gasteiger partial charge is 0.497 e. The number of carbonyl (C=O) groups excluding carboxylic acids is 1. The summed E-state index contributed by atoms with van der Waals surface area (Å²) in [5.41, 5.74) is 1.83.